The van der Waals surface area contributed by atoms with Crippen molar-refractivity contribution in [3.05, 3.63) is 252 Å². The second kappa shape index (κ2) is 13.9. The molecular weight excluding hydrogens is 749 g/mol. The summed E-state index contributed by atoms with van der Waals surface area (Å²) in [6.45, 7) is 4.71. The van der Waals surface area contributed by atoms with Crippen LogP contribution in [0.1, 0.15) is 47.2 Å². The van der Waals surface area contributed by atoms with Crippen LogP contribution in [0, 0.1) is 0 Å². The Morgan fingerprint density at radius 3 is 1.56 bits per heavy atom. The van der Waals surface area contributed by atoms with Crippen molar-refractivity contribution in [2.24, 2.45) is 0 Å². The molecule has 0 bridgehead atoms. The number of nitrogens with zero attached hydrogens (tertiary/aromatic N) is 2. The number of fused-ring (bicyclic) bond motifs is 7. The van der Waals surface area contributed by atoms with Crippen LogP contribution in [0.5, 0.6) is 0 Å². The highest BCUT2D eigenvalue weighted by Crippen LogP contribution is 2.57. The van der Waals surface area contributed by atoms with Gasteiger partial charge >= 0.3 is 0 Å². The lowest BCUT2D eigenvalue weighted by Gasteiger charge is -2.34. The van der Waals surface area contributed by atoms with Crippen molar-refractivity contribution < 1.29 is 0 Å². The summed E-state index contributed by atoms with van der Waals surface area (Å²) in [6.07, 6.45) is 0. The minimum absolute atomic E-state index is 0.169. The average molecular weight is 791 g/mol. The van der Waals surface area contributed by atoms with Gasteiger partial charge in [0.25, 0.3) is 0 Å². The Bertz CT molecular complexity index is 3330. The zero-order valence-electron chi connectivity index (χ0n) is 34.7. The number of rotatable bonds is 6. The molecule has 292 valence electrons. The van der Waals surface area contributed by atoms with E-state index in [9.17, 15) is 0 Å². The summed E-state index contributed by atoms with van der Waals surface area (Å²) in [4.78, 5) is 10.8. The SMILES string of the molecule is CC1(C)c2cc3ccccc3cc2-c2c(-c3cc(-c4ccccc4-c4ccc5c(c4)C(c4ccccc4)(c4ccccc4)c4ccccc4-5)nc(-c4ccccc4)n3)cccc21. The van der Waals surface area contributed by atoms with Gasteiger partial charge < -0.3 is 0 Å². The predicted octanol–water partition coefficient (Wildman–Crippen LogP) is 15.0. The van der Waals surface area contributed by atoms with E-state index in [0.717, 1.165) is 39.2 Å². The Balaban J connectivity index is 1.08. The minimum Gasteiger partial charge on any atom is -0.228 e. The topological polar surface area (TPSA) is 25.8 Å². The van der Waals surface area contributed by atoms with Crippen LogP contribution < -0.4 is 0 Å². The van der Waals surface area contributed by atoms with Crippen LogP contribution in [0.3, 0.4) is 0 Å². The predicted molar refractivity (Wildman–Crippen MR) is 256 cm³/mol. The quantitative estimate of drug-likeness (QED) is 0.168. The highest BCUT2D eigenvalue weighted by molar-refractivity contribution is 5.99. The molecule has 0 fully saturated rings. The molecular formula is C60H42N2. The lowest BCUT2D eigenvalue weighted by Crippen LogP contribution is -2.28. The standard InChI is InChI=1S/C60H42N2/c1-59(2)52-32-18-30-49(57(52)50-35-40-21-12-13-22-41(40)36-53(50)59)56-38-55(61-58(62-56)39-19-6-3-7-20-39)48-29-15-14-27-45(48)42-33-34-47-46-28-16-17-31-51(46)60(54(47)37-42,43-23-8-4-9-24-43)44-25-10-5-11-26-44/h3-38H,1-2H3. The van der Waals surface area contributed by atoms with Gasteiger partial charge in [0.1, 0.15) is 0 Å². The summed E-state index contributed by atoms with van der Waals surface area (Å²) in [5, 5.41) is 2.51. The van der Waals surface area contributed by atoms with Crippen molar-refractivity contribution in [3.8, 4) is 67.3 Å². The molecule has 2 aliphatic carbocycles. The molecule has 0 atom stereocenters. The third-order valence-electron chi connectivity index (χ3n) is 13.6. The molecule has 12 rings (SSSR count). The molecule has 2 heteroatoms. The van der Waals surface area contributed by atoms with Crippen LogP contribution in [0.4, 0.5) is 0 Å². The molecule has 9 aromatic carbocycles. The first-order valence-electron chi connectivity index (χ1n) is 21.6. The molecule has 2 aliphatic rings. The van der Waals surface area contributed by atoms with Crippen molar-refractivity contribution in [3.63, 3.8) is 0 Å². The van der Waals surface area contributed by atoms with E-state index in [2.05, 4.69) is 226 Å². The van der Waals surface area contributed by atoms with Crippen molar-refractivity contribution in [1.82, 2.24) is 9.97 Å². The molecule has 10 aromatic rings. The van der Waals surface area contributed by atoms with Gasteiger partial charge in [0.2, 0.25) is 0 Å². The molecule has 1 heterocycles. The van der Waals surface area contributed by atoms with Crippen LogP contribution in [0.15, 0.2) is 218 Å². The van der Waals surface area contributed by atoms with E-state index >= 15 is 0 Å². The molecule has 0 amide bonds. The van der Waals surface area contributed by atoms with E-state index in [4.69, 9.17) is 9.97 Å². The van der Waals surface area contributed by atoms with Crippen LogP contribution in [0.2, 0.25) is 0 Å². The van der Waals surface area contributed by atoms with Crippen LogP contribution in [0.25, 0.3) is 78.1 Å². The summed E-state index contributed by atoms with van der Waals surface area (Å²) in [5.74, 6) is 0.707. The molecule has 0 N–H and O–H groups in total. The number of aromatic nitrogens is 2. The first-order chi connectivity index (χ1) is 30.5. The molecule has 62 heavy (non-hydrogen) atoms. The second-order valence-corrected chi connectivity index (χ2v) is 17.3. The second-order valence-electron chi connectivity index (χ2n) is 17.3. The molecule has 0 radical (unpaired) electrons. The van der Waals surface area contributed by atoms with Crippen LogP contribution in [-0.4, -0.2) is 9.97 Å². The summed E-state index contributed by atoms with van der Waals surface area (Å²) in [7, 11) is 0. The monoisotopic (exact) mass is 790 g/mol. The largest absolute Gasteiger partial charge is 0.228 e. The zero-order valence-corrected chi connectivity index (χ0v) is 34.7. The molecule has 0 spiro atoms. The summed E-state index contributed by atoms with van der Waals surface area (Å²) < 4.78 is 0. The molecule has 2 nitrogen and oxygen atoms in total. The van der Waals surface area contributed by atoms with E-state index in [0.29, 0.717) is 5.82 Å². The van der Waals surface area contributed by atoms with E-state index in [1.807, 2.05) is 6.07 Å². The summed E-state index contributed by atoms with van der Waals surface area (Å²) in [6, 6.07) is 79.7. The molecule has 0 saturated heterocycles. The normalized spacial score (nSPS) is 13.9. The highest BCUT2D eigenvalue weighted by Gasteiger charge is 2.46. The third-order valence-corrected chi connectivity index (χ3v) is 13.6. The van der Waals surface area contributed by atoms with Gasteiger partial charge in [-0.15, -0.1) is 0 Å². The molecule has 0 unspecified atom stereocenters. The number of hydrogen-bond donors (Lipinski definition) is 0. The number of benzene rings is 9. The smallest absolute Gasteiger partial charge is 0.160 e. The summed E-state index contributed by atoms with van der Waals surface area (Å²) in [5.41, 5.74) is 19.4. The van der Waals surface area contributed by atoms with E-state index in [-0.39, 0.29) is 5.41 Å². The lowest BCUT2D eigenvalue weighted by molar-refractivity contribution is 0.661. The van der Waals surface area contributed by atoms with Crippen molar-refractivity contribution in [1.29, 1.82) is 0 Å². The Morgan fingerprint density at radius 2 is 0.855 bits per heavy atom. The van der Waals surface area contributed by atoms with E-state index in [1.54, 1.807) is 0 Å². The fraction of sp³-hybridized carbons (Fsp3) is 0.0667. The third kappa shape index (κ3) is 5.36. The molecule has 1 aromatic heterocycles. The Kier molecular flexibility index (Phi) is 8.14. The van der Waals surface area contributed by atoms with Crippen molar-refractivity contribution in [2.45, 2.75) is 24.7 Å². The molecule has 0 aliphatic heterocycles. The van der Waals surface area contributed by atoms with Gasteiger partial charge in [-0.2, -0.15) is 0 Å². The number of hydrogen-bond acceptors (Lipinski definition) is 2. The van der Waals surface area contributed by atoms with Gasteiger partial charge in [-0.3, -0.25) is 0 Å². The van der Waals surface area contributed by atoms with Gasteiger partial charge in [0.15, 0.2) is 5.82 Å². The first-order valence-corrected chi connectivity index (χ1v) is 21.6. The highest BCUT2D eigenvalue weighted by atomic mass is 14.9. The maximum Gasteiger partial charge on any atom is 0.160 e. The fourth-order valence-corrected chi connectivity index (χ4v) is 10.7. The van der Waals surface area contributed by atoms with Crippen LogP contribution >= 0.6 is 0 Å². The van der Waals surface area contributed by atoms with Gasteiger partial charge in [-0.25, -0.2) is 9.97 Å². The fourth-order valence-electron chi connectivity index (χ4n) is 10.7. The minimum atomic E-state index is -0.495. The van der Waals surface area contributed by atoms with Crippen molar-refractivity contribution >= 4 is 10.8 Å². The summed E-state index contributed by atoms with van der Waals surface area (Å²) >= 11 is 0. The van der Waals surface area contributed by atoms with Gasteiger partial charge in [-0.05, 0) is 102 Å². The van der Waals surface area contributed by atoms with E-state index in [1.165, 1.54) is 66.4 Å². The maximum atomic E-state index is 5.41. The molecule has 0 saturated carbocycles. The van der Waals surface area contributed by atoms with Gasteiger partial charge in [0.05, 0.1) is 16.8 Å². The lowest BCUT2D eigenvalue weighted by atomic mass is 9.67. The first kappa shape index (κ1) is 36.2. The zero-order chi connectivity index (χ0) is 41.4. The van der Waals surface area contributed by atoms with Gasteiger partial charge in [-0.1, -0.05) is 208 Å². The van der Waals surface area contributed by atoms with Crippen molar-refractivity contribution in [2.75, 3.05) is 0 Å². The van der Waals surface area contributed by atoms with Gasteiger partial charge in [0, 0.05) is 22.1 Å². The average Bonchev–Trinajstić information content (AvgIpc) is 3.76. The Labute approximate surface area is 362 Å². The maximum absolute atomic E-state index is 5.41. The van der Waals surface area contributed by atoms with Crippen LogP contribution in [-0.2, 0) is 10.8 Å². The Morgan fingerprint density at radius 1 is 0.323 bits per heavy atom. The Hall–Kier alpha value is -7.68. The van der Waals surface area contributed by atoms with E-state index < -0.39 is 5.41 Å².